The largest absolute Gasteiger partial charge is 0.318 e. The quantitative estimate of drug-likeness (QED) is 0.223. The molecule has 5 nitrogen and oxygen atoms in total. The number of hydrogen-bond acceptors (Lipinski definition) is 3. The summed E-state index contributed by atoms with van der Waals surface area (Å²) in [7, 11) is 0. The molecule has 0 unspecified atom stereocenters. The van der Waals surface area contributed by atoms with Gasteiger partial charge in [-0.15, -0.1) is 0 Å². The van der Waals surface area contributed by atoms with Gasteiger partial charge < -0.3 is 4.57 Å². The molecule has 3 aromatic carbocycles. The molecule has 4 aromatic rings. The highest BCUT2D eigenvalue weighted by Crippen LogP contribution is 2.28. The lowest BCUT2D eigenvalue weighted by atomic mass is 10.1. The van der Waals surface area contributed by atoms with Gasteiger partial charge in [-0.2, -0.15) is 0 Å². The Labute approximate surface area is 213 Å². The van der Waals surface area contributed by atoms with Crippen molar-refractivity contribution in [3.05, 3.63) is 113 Å². The van der Waals surface area contributed by atoms with Crippen LogP contribution in [-0.4, -0.2) is 21.5 Å². The van der Waals surface area contributed by atoms with Crippen LogP contribution >= 0.6 is 12.2 Å². The molecular formula is C29H22FN3O2S. The number of amides is 2. The highest BCUT2D eigenvalue weighted by atomic mass is 32.1. The van der Waals surface area contributed by atoms with E-state index in [2.05, 4.69) is 34.1 Å². The molecule has 1 aromatic heterocycles. The van der Waals surface area contributed by atoms with Crippen molar-refractivity contribution in [3.63, 3.8) is 0 Å². The van der Waals surface area contributed by atoms with Crippen LogP contribution < -0.4 is 10.2 Å². The van der Waals surface area contributed by atoms with Crippen molar-refractivity contribution in [2.24, 2.45) is 0 Å². The van der Waals surface area contributed by atoms with Crippen LogP contribution in [0.5, 0.6) is 0 Å². The van der Waals surface area contributed by atoms with E-state index in [1.165, 1.54) is 18.2 Å². The molecule has 1 aliphatic rings. The molecule has 0 radical (unpaired) electrons. The lowest BCUT2D eigenvalue weighted by Gasteiger charge is -2.28. The number of carbonyl (C=O) groups excluding carboxylic acids is 2. The topological polar surface area (TPSA) is 54.3 Å². The normalized spacial score (nSPS) is 14.9. The SMILES string of the molecule is Cc1cc(/C=C2/C(=O)NC(=S)N(c3cccc(F)c3)C2=O)c(C)n1-c1ccc(-c2ccccc2)cc1. The second-order valence-corrected chi connectivity index (χ2v) is 8.90. The van der Waals surface area contributed by atoms with Gasteiger partial charge in [0.15, 0.2) is 5.11 Å². The van der Waals surface area contributed by atoms with E-state index in [4.69, 9.17) is 12.2 Å². The molecule has 1 saturated heterocycles. The zero-order chi connectivity index (χ0) is 25.4. The van der Waals surface area contributed by atoms with Crippen molar-refractivity contribution in [1.82, 2.24) is 9.88 Å². The molecule has 0 bridgehead atoms. The van der Waals surface area contributed by atoms with E-state index in [1.807, 2.05) is 50.2 Å². The van der Waals surface area contributed by atoms with Crippen molar-refractivity contribution >= 4 is 40.9 Å². The van der Waals surface area contributed by atoms with Crippen molar-refractivity contribution in [2.75, 3.05) is 4.90 Å². The summed E-state index contributed by atoms with van der Waals surface area (Å²) in [6, 6.07) is 25.8. The van der Waals surface area contributed by atoms with E-state index >= 15 is 0 Å². The van der Waals surface area contributed by atoms with Gasteiger partial charge in [-0.1, -0.05) is 48.5 Å². The standard InChI is InChI=1S/C29H22FN3O2S/c1-18-15-22(19(2)32(18)24-13-11-21(12-14-24)20-7-4-3-5-8-20)16-26-27(34)31-29(36)33(28(26)35)25-10-6-9-23(30)17-25/h3-17H,1-2H3,(H,31,34,36)/b26-16-. The first-order valence-electron chi connectivity index (χ1n) is 11.4. The first-order chi connectivity index (χ1) is 17.3. The van der Waals surface area contributed by atoms with Crippen LogP contribution in [0.15, 0.2) is 90.5 Å². The number of aryl methyl sites for hydroxylation is 1. The maximum atomic E-state index is 13.8. The van der Waals surface area contributed by atoms with Gasteiger partial charge in [0, 0.05) is 17.1 Å². The van der Waals surface area contributed by atoms with Crippen LogP contribution in [0.2, 0.25) is 0 Å². The number of halogens is 1. The molecule has 0 aliphatic carbocycles. The summed E-state index contributed by atoms with van der Waals surface area (Å²) >= 11 is 5.20. The summed E-state index contributed by atoms with van der Waals surface area (Å²) in [5.74, 6) is -1.70. The first-order valence-corrected chi connectivity index (χ1v) is 11.8. The Morgan fingerprint density at radius 2 is 1.53 bits per heavy atom. The molecule has 0 spiro atoms. The average Bonchev–Trinajstić information content (AvgIpc) is 3.15. The van der Waals surface area contributed by atoms with Crippen LogP contribution in [0, 0.1) is 19.7 Å². The van der Waals surface area contributed by atoms with Gasteiger partial charge >= 0.3 is 0 Å². The third-order valence-electron chi connectivity index (χ3n) is 6.17. The van der Waals surface area contributed by atoms with Crippen molar-refractivity contribution in [3.8, 4) is 16.8 Å². The van der Waals surface area contributed by atoms with E-state index in [1.54, 1.807) is 12.1 Å². The molecule has 1 aliphatic heterocycles. The molecule has 178 valence electrons. The summed E-state index contributed by atoms with van der Waals surface area (Å²) in [6.45, 7) is 3.90. The van der Waals surface area contributed by atoms with Gasteiger partial charge in [-0.3, -0.25) is 19.8 Å². The third kappa shape index (κ3) is 4.25. The highest BCUT2D eigenvalue weighted by Gasteiger charge is 2.35. The number of thiocarbonyl (C=S) groups is 1. The number of nitrogens with zero attached hydrogens (tertiary/aromatic N) is 2. The number of aromatic nitrogens is 1. The molecule has 36 heavy (non-hydrogen) atoms. The molecule has 2 heterocycles. The summed E-state index contributed by atoms with van der Waals surface area (Å²) in [5.41, 5.74) is 5.94. The van der Waals surface area contributed by atoms with Gasteiger partial charge in [0.25, 0.3) is 11.8 Å². The van der Waals surface area contributed by atoms with E-state index in [-0.39, 0.29) is 16.4 Å². The van der Waals surface area contributed by atoms with E-state index in [0.29, 0.717) is 0 Å². The van der Waals surface area contributed by atoms with Gasteiger partial charge in [-0.05, 0) is 85.2 Å². The summed E-state index contributed by atoms with van der Waals surface area (Å²) in [5, 5.41) is 2.46. The zero-order valence-electron chi connectivity index (χ0n) is 19.7. The van der Waals surface area contributed by atoms with Gasteiger partial charge in [0.1, 0.15) is 11.4 Å². The summed E-state index contributed by atoms with van der Waals surface area (Å²) in [6.07, 6.45) is 1.56. The lowest BCUT2D eigenvalue weighted by Crippen LogP contribution is -2.54. The molecule has 7 heteroatoms. The second-order valence-electron chi connectivity index (χ2n) is 8.51. The number of benzene rings is 3. The molecule has 1 N–H and O–H groups in total. The molecule has 5 rings (SSSR count). The van der Waals surface area contributed by atoms with Crippen LogP contribution in [0.1, 0.15) is 17.0 Å². The van der Waals surface area contributed by atoms with Crippen LogP contribution in [0.25, 0.3) is 22.9 Å². The maximum Gasteiger partial charge on any atom is 0.270 e. The van der Waals surface area contributed by atoms with E-state index in [9.17, 15) is 14.0 Å². The van der Waals surface area contributed by atoms with Crippen molar-refractivity contribution in [1.29, 1.82) is 0 Å². The van der Waals surface area contributed by atoms with Gasteiger partial charge in [0.05, 0.1) is 5.69 Å². The maximum absolute atomic E-state index is 13.8. The fraction of sp³-hybridized carbons (Fsp3) is 0.0690. The monoisotopic (exact) mass is 495 g/mol. The Morgan fingerprint density at radius 1 is 0.833 bits per heavy atom. The van der Waals surface area contributed by atoms with Crippen LogP contribution in [0.3, 0.4) is 0 Å². The lowest BCUT2D eigenvalue weighted by molar-refractivity contribution is -0.122. The smallest absolute Gasteiger partial charge is 0.270 e. The number of hydrogen-bond donors (Lipinski definition) is 1. The molecular weight excluding hydrogens is 473 g/mol. The summed E-state index contributed by atoms with van der Waals surface area (Å²) < 4.78 is 15.9. The molecule has 1 fully saturated rings. The molecule has 0 atom stereocenters. The van der Waals surface area contributed by atoms with Crippen LogP contribution in [0.4, 0.5) is 10.1 Å². The second kappa shape index (κ2) is 9.36. The van der Waals surface area contributed by atoms with Gasteiger partial charge in [0.2, 0.25) is 0 Å². The third-order valence-corrected chi connectivity index (χ3v) is 6.46. The van der Waals surface area contributed by atoms with E-state index in [0.717, 1.165) is 38.7 Å². The van der Waals surface area contributed by atoms with Crippen LogP contribution in [-0.2, 0) is 9.59 Å². The van der Waals surface area contributed by atoms with Crippen molar-refractivity contribution in [2.45, 2.75) is 13.8 Å². The van der Waals surface area contributed by atoms with Gasteiger partial charge in [-0.25, -0.2) is 4.39 Å². The first kappa shape index (κ1) is 23.4. The minimum absolute atomic E-state index is 0.0764. The fourth-order valence-electron chi connectivity index (χ4n) is 4.43. The van der Waals surface area contributed by atoms with Crippen molar-refractivity contribution < 1.29 is 14.0 Å². The minimum atomic E-state index is -0.605. The Kier molecular flexibility index (Phi) is 6.08. The number of rotatable bonds is 4. The minimum Gasteiger partial charge on any atom is -0.318 e. The Hall–Kier alpha value is -4.36. The number of carbonyl (C=O) groups is 2. The number of anilines is 1. The Bertz CT molecular complexity index is 1540. The Morgan fingerprint density at radius 3 is 2.22 bits per heavy atom. The predicted octanol–water partition coefficient (Wildman–Crippen LogP) is 5.73. The van der Waals surface area contributed by atoms with E-state index < -0.39 is 17.6 Å². The molecule has 0 saturated carbocycles. The average molecular weight is 496 g/mol. The predicted molar refractivity (Wildman–Crippen MR) is 143 cm³/mol. The number of nitrogens with one attached hydrogen (secondary N) is 1. The molecule has 2 amide bonds. The summed E-state index contributed by atoms with van der Waals surface area (Å²) in [4.78, 5) is 27.1. The Balaban J connectivity index is 1.50. The zero-order valence-corrected chi connectivity index (χ0v) is 20.5. The highest BCUT2D eigenvalue weighted by molar-refractivity contribution is 7.80. The fourth-order valence-corrected chi connectivity index (χ4v) is 4.71.